The molecule has 2 aromatic carbocycles. The van der Waals surface area contributed by atoms with E-state index in [9.17, 15) is 4.79 Å². The lowest BCUT2D eigenvalue weighted by atomic mass is 10.1. The van der Waals surface area contributed by atoms with Crippen LogP contribution in [-0.2, 0) is 0 Å². The van der Waals surface area contributed by atoms with Gasteiger partial charge in [0, 0.05) is 5.02 Å². The molecule has 2 rings (SSSR count). The summed E-state index contributed by atoms with van der Waals surface area (Å²) < 4.78 is 5.76. The number of benzene rings is 2. The second kappa shape index (κ2) is 5.33. The molecule has 0 fully saturated rings. The van der Waals surface area contributed by atoms with E-state index in [-0.39, 0.29) is 5.56 Å². The third kappa shape index (κ3) is 3.06. The number of aromatic carboxylic acids is 1. The third-order valence-corrected chi connectivity index (χ3v) is 3.03. The van der Waals surface area contributed by atoms with Gasteiger partial charge in [-0.15, -0.1) is 0 Å². The third-order valence-electron chi connectivity index (χ3n) is 2.79. The normalized spacial score (nSPS) is 10.3. The van der Waals surface area contributed by atoms with Crippen molar-refractivity contribution in [2.45, 2.75) is 13.8 Å². The monoisotopic (exact) mass is 276 g/mol. The van der Waals surface area contributed by atoms with Crippen LogP contribution in [0.5, 0.6) is 11.5 Å². The van der Waals surface area contributed by atoms with E-state index in [0.29, 0.717) is 16.5 Å². The van der Waals surface area contributed by atoms with Gasteiger partial charge in [0.25, 0.3) is 0 Å². The van der Waals surface area contributed by atoms with Crippen LogP contribution >= 0.6 is 11.6 Å². The first-order chi connectivity index (χ1) is 8.97. The summed E-state index contributed by atoms with van der Waals surface area (Å²) >= 11 is 5.88. The summed E-state index contributed by atoms with van der Waals surface area (Å²) in [6.07, 6.45) is 0. The minimum atomic E-state index is -0.974. The van der Waals surface area contributed by atoms with E-state index in [4.69, 9.17) is 21.4 Å². The number of halogens is 1. The van der Waals surface area contributed by atoms with Crippen LogP contribution in [0.1, 0.15) is 21.5 Å². The molecule has 4 heteroatoms. The maximum absolute atomic E-state index is 11.0. The van der Waals surface area contributed by atoms with Crippen molar-refractivity contribution in [3.05, 3.63) is 58.1 Å². The fourth-order valence-corrected chi connectivity index (χ4v) is 1.92. The van der Waals surface area contributed by atoms with Crippen LogP contribution < -0.4 is 4.74 Å². The van der Waals surface area contributed by atoms with Gasteiger partial charge in [-0.2, -0.15) is 0 Å². The van der Waals surface area contributed by atoms with Crippen molar-refractivity contribution in [3.63, 3.8) is 0 Å². The van der Waals surface area contributed by atoms with Gasteiger partial charge in [0.2, 0.25) is 0 Å². The van der Waals surface area contributed by atoms with Gasteiger partial charge in [0.15, 0.2) is 0 Å². The highest BCUT2D eigenvalue weighted by Gasteiger charge is 2.09. The lowest BCUT2D eigenvalue weighted by molar-refractivity contribution is 0.0696. The van der Waals surface area contributed by atoms with Crippen LogP contribution in [-0.4, -0.2) is 11.1 Å². The Kier molecular flexibility index (Phi) is 3.76. The first kappa shape index (κ1) is 13.4. The summed E-state index contributed by atoms with van der Waals surface area (Å²) in [6.45, 7) is 3.75. The number of hydrogen-bond acceptors (Lipinski definition) is 2. The highest BCUT2D eigenvalue weighted by molar-refractivity contribution is 6.30. The maximum Gasteiger partial charge on any atom is 0.335 e. The van der Waals surface area contributed by atoms with Crippen molar-refractivity contribution >= 4 is 17.6 Å². The molecule has 0 radical (unpaired) electrons. The number of aryl methyl sites for hydroxylation is 2. The second-order valence-corrected chi connectivity index (χ2v) is 4.73. The summed E-state index contributed by atoms with van der Waals surface area (Å²) in [5, 5.41) is 9.62. The maximum atomic E-state index is 11.0. The molecule has 0 aliphatic rings. The Labute approximate surface area is 116 Å². The Hall–Kier alpha value is -2.00. The molecule has 1 N–H and O–H groups in total. The number of carboxylic acids is 1. The van der Waals surface area contributed by atoms with Gasteiger partial charge < -0.3 is 9.84 Å². The zero-order valence-electron chi connectivity index (χ0n) is 10.6. The molecule has 0 heterocycles. The van der Waals surface area contributed by atoms with Gasteiger partial charge >= 0.3 is 5.97 Å². The van der Waals surface area contributed by atoms with E-state index in [0.717, 1.165) is 11.1 Å². The second-order valence-electron chi connectivity index (χ2n) is 4.30. The molecular formula is C15H13ClO3. The first-order valence-corrected chi connectivity index (χ1v) is 6.13. The van der Waals surface area contributed by atoms with Crippen LogP contribution in [0.15, 0.2) is 36.4 Å². The molecule has 19 heavy (non-hydrogen) atoms. The molecule has 0 amide bonds. The Balaban J connectivity index is 2.37. The van der Waals surface area contributed by atoms with Crippen molar-refractivity contribution in [2.24, 2.45) is 0 Å². The van der Waals surface area contributed by atoms with Gasteiger partial charge in [-0.3, -0.25) is 0 Å². The molecule has 0 aromatic heterocycles. The summed E-state index contributed by atoms with van der Waals surface area (Å²) in [5.41, 5.74) is 1.97. The molecule has 0 saturated carbocycles. The Morgan fingerprint density at radius 3 is 2.42 bits per heavy atom. The summed E-state index contributed by atoms with van der Waals surface area (Å²) in [4.78, 5) is 11.0. The standard InChI is InChI=1S/C15H13ClO3/c1-9-3-4-11(15(17)18)8-14(9)19-13-6-5-12(16)7-10(13)2/h3-8H,1-2H3,(H,17,18). The molecule has 0 spiro atoms. The number of carboxylic acid groups (broad SMARTS) is 1. The highest BCUT2D eigenvalue weighted by atomic mass is 35.5. The molecule has 98 valence electrons. The van der Waals surface area contributed by atoms with Gasteiger partial charge in [-0.25, -0.2) is 4.79 Å². The lowest BCUT2D eigenvalue weighted by Crippen LogP contribution is -1.98. The largest absolute Gasteiger partial charge is 0.478 e. The van der Waals surface area contributed by atoms with Gasteiger partial charge in [-0.1, -0.05) is 17.7 Å². The zero-order chi connectivity index (χ0) is 14.0. The van der Waals surface area contributed by atoms with Gasteiger partial charge in [0.05, 0.1) is 5.56 Å². The van der Waals surface area contributed by atoms with Crippen molar-refractivity contribution in [2.75, 3.05) is 0 Å². The quantitative estimate of drug-likeness (QED) is 0.901. The van der Waals surface area contributed by atoms with Crippen LogP contribution in [0.25, 0.3) is 0 Å². The zero-order valence-corrected chi connectivity index (χ0v) is 11.4. The SMILES string of the molecule is Cc1cc(Cl)ccc1Oc1cc(C(=O)O)ccc1C. The van der Waals surface area contributed by atoms with E-state index in [1.54, 1.807) is 30.3 Å². The van der Waals surface area contributed by atoms with E-state index in [1.807, 2.05) is 13.8 Å². The fraction of sp³-hybridized carbons (Fsp3) is 0.133. The van der Waals surface area contributed by atoms with Crippen LogP contribution in [0, 0.1) is 13.8 Å². The van der Waals surface area contributed by atoms with E-state index in [1.165, 1.54) is 6.07 Å². The van der Waals surface area contributed by atoms with Gasteiger partial charge in [-0.05, 0) is 55.3 Å². The molecule has 3 nitrogen and oxygen atoms in total. The molecule has 2 aromatic rings. The number of carbonyl (C=O) groups is 1. The topological polar surface area (TPSA) is 46.5 Å². The van der Waals surface area contributed by atoms with Crippen LogP contribution in [0.4, 0.5) is 0 Å². The minimum Gasteiger partial charge on any atom is -0.478 e. The molecule has 0 atom stereocenters. The smallest absolute Gasteiger partial charge is 0.335 e. The molecule has 0 unspecified atom stereocenters. The Morgan fingerprint density at radius 2 is 1.79 bits per heavy atom. The Morgan fingerprint density at radius 1 is 1.05 bits per heavy atom. The van der Waals surface area contributed by atoms with E-state index < -0.39 is 5.97 Å². The molecule has 0 bridgehead atoms. The molecule has 0 aliphatic carbocycles. The van der Waals surface area contributed by atoms with Crippen molar-refractivity contribution in [3.8, 4) is 11.5 Å². The average Bonchev–Trinajstić information content (AvgIpc) is 2.34. The number of hydrogen-bond donors (Lipinski definition) is 1. The first-order valence-electron chi connectivity index (χ1n) is 5.75. The average molecular weight is 277 g/mol. The predicted octanol–water partition coefficient (Wildman–Crippen LogP) is 4.45. The summed E-state index contributed by atoms with van der Waals surface area (Å²) in [5.74, 6) is 0.220. The van der Waals surface area contributed by atoms with Crippen LogP contribution in [0.2, 0.25) is 5.02 Å². The van der Waals surface area contributed by atoms with Crippen LogP contribution in [0.3, 0.4) is 0 Å². The van der Waals surface area contributed by atoms with Crippen molar-refractivity contribution < 1.29 is 14.6 Å². The van der Waals surface area contributed by atoms with Crippen molar-refractivity contribution in [1.82, 2.24) is 0 Å². The molecular weight excluding hydrogens is 264 g/mol. The van der Waals surface area contributed by atoms with Gasteiger partial charge in [0.1, 0.15) is 11.5 Å². The Bertz CT molecular complexity index is 635. The number of rotatable bonds is 3. The van der Waals surface area contributed by atoms with E-state index in [2.05, 4.69) is 0 Å². The minimum absolute atomic E-state index is 0.201. The fourth-order valence-electron chi connectivity index (χ4n) is 1.69. The molecule has 0 saturated heterocycles. The lowest BCUT2D eigenvalue weighted by Gasteiger charge is -2.11. The van der Waals surface area contributed by atoms with Crippen molar-refractivity contribution in [1.29, 1.82) is 0 Å². The van der Waals surface area contributed by atoms with E-state index >= 15 is 0 Å². The molecule has 0 aliphatic heterocycles. The predicted molar refractivity (Wildman–Crippen MR) is 74.4 cm³/mol. The summed E-state index contributed by atoms with van der Waals surface area (Å²) in [7, 11) is 0. The summed E-state index contributed by atoms with van der Waals surface area (Å²) in [6, 6.07) is 10.1. The highest BCUT2D eigenvalue weighted by Crippen LogP contribution is 2.30. The number of ether oxygens (including phenoxy) is 1.